The number of hydrogen-bond acceptors (Lipinski definition) is 6. The molecule has 0 saturated heterocycles. The zero-order chi connectivity index (χ0) is 20.5. The highest BCUT2D eigenvalue weighted by atomic mass is 16.5. The van der Waals surface area contributed by atoms with Crippen LogP contribution in [0.1, 0.15) is 21.7 Å². The molecule has 0 spiro atoms. The Labute approximate surface area is 170 Å². The lowest BCUT2D eigenvalue weighted by Gasteiger charge is -2.25. The first kappa shape index (κ1) is 20.6. The lowest BCUT2D eigenvalue weighted by molar-refractivity contribution is 0.0598. The van der Waals surface area contributed by atoms with Gasteiger partial charge in [-0.15, -0.1) is 0 Å². The Balaban J connectivity index is 1.66. The summed E-state index contributed by atoms with van der Waals surface area (Å²) in [4.78, 5) is 13.2. The number of para-hydroxylation sites is 2. The van der Waals surface area contributed by atoms with Crippen molar-refractivity contribution < 1.29 is 23.8 Å². The van der Waals surface area contributed by atoms with Crippen LogP contribution in [0.4, 0.5) is 0 Å². The molecule has 0 aliphatic carbocycles. The number of furan rings is 1. The molecule has 152 valence electrons. The number of rotatable bonds is 11. The maximum absolute atomic E-state index is 11.1. The van der Waals surface area contributed by atoms with Gasteiger partial charge in [-0.3, -0.25) is 9.69 Å². The fourth-order valence-corrected chi connectivity index (χ4v) is 3.13. The van der Waals surface area contributed by atoms with Crippen molar-refractivity contribution in [3.63, 3.8) is 0 Å². The zero-order valence-corrected chi connectivity index (χ0v) is 16.4. The number of carbonyl (C=O) groups is 1. The van der Waals surface area contributed by atoms with E-state index in [0.29, 0.717) is 30.9 Å². The first-order valence-electron chi connectivity index (χ1n) is 9.41. The minimum absolute atomic E-state index is 0.0748. The number of carbonyl (C=O) groups excluding carboxylic acids is 1. The van der Waals surface area contributed by atoms with E-state index >= 15 is 0 Å². The number of benzene rings is 2. The molecule has 29 heavy (non-hydrogen) atoms. The largest absolute Gasteiger partial charge is 0.496 e. The molecular formula is C23H25NO5. The van der Waals surface area contributed by atoms with E-state index in [4.69, 9.17) is 13.9 Å². The van der Waals surface area contributed by atoms with Crippen molar-refractivity contribution in [2.24, 2.45) is 0 Å². The molecule has 1 N–H and O–H groups in total. The van der Waals surface area contributed by atoms with Gasteiger partial charge in [0, 0.05) is 18.7 Å². The molecule has 2 aromatic carbocycles. The molecule has 1 atom stereocenters. The fraction of sp³-hybridized carbons (Fsp3) is 0.261. The summed E-state index contributed by atoms with van der Waals surface area (Å²) in [6.45, 7) is 1.55. The normalized spacial score (nSPS) is 12.0. The molecule has 0 amide bonds. The van der Waals surface area contributed by atoms with E-state index in [2.05, 4.69) is 4.90 Å². The summed E-state index contributed by atoms with van der Waals surface area (Å²) >= 11 is 0. The Bertz CT molecular complexity index is 894. The van der Waals surface area contributed by atoms with Crippen LogP contribution >= 0.6 is 0 Å². The summed E-state index contributed by atoms with van der Waals surface area (Å²) in [6.07, 6.45) is 1.62. The average molecular weight is 395 g/mol. The highest BCUT2D eigenvalue weighted by molar-refractivity contribution is 5.79. The van der Waals surface area contributed by atoms with Crippen LogP contribution in [0.25, 0.3) is 0 Å². The predicted octanol–water partition coefficient (Wildman–Crippen LogP) is 3.54. The van der Waals surface area contributed by atoms with E-state index in [0.717, 1.165) is 23.4 Å². The SMILES string of the molecule is COc1ccccc1CN(Cc1ccco1)CC(O)COc1ccccc1C=O. The van der Waals surface area contributed by atoms with E-state index in [1.54, 1.807) is 37.6 Å². The van der Waals surface area contributed by atoms with Gasteiger partial charge in [-0.25, -0.2) is 0 Å². The highest BCUT2D eigenvalue weighted by Gasteiger charge is 2.17. The van der Waals surface area contributed by atoms with Gasteiger partial charge in [0.1, 0.15) is 30.0 Å². The van der Waals surface area contributed by atoms with Gasteiger partial charge in [0.05, 0.1) is 25.5 Å². The summed E-state index contributed by atoms with van der Waals surface area (Å²) in [5.41, 5.74) is 1.47. The molecule has 1 aromatic heterocycles. The summed E-state index contributed by atoms with van der Waals surface area (Å²) < 4.78 is 16.6. The van der Waals surface area contributed by atoms with Crippen molar-refractivity contribution in [1.82, 2.24) is 4.90 Å². The monoisotopic (exact) mass is 395 g/mol. The van der Waals surface area contributed by atoms with Gasteiger partial charge < -0.3 is 19.0 Å². The maximum atomic E-state index is 11.1. The van der Waals surface area contributed by atoms with Gasteiger partial charge in [-0.2, -0.15) is 0 Å². The summed E-state index contributed by atoms with van der Waals surface area (Å²) in [5.74, 6) is 2.06. The van der Waals surface area contributed by atoms with E-state index in [1.807, 2.05) is 36.4 Å². The Morgan fingerprint density at radius 2 is 1.79 bits per heavy atom. The molecule has 1 heterocycles. The zero-order valence-electron chi connectivity index (χ0n) is 16.4. The molecule has 3 rings (SSSR count). The Morgan fingerprint density at radius 1 is 1.03 bits per heavy atom. The first-order valence-corrected chi connectivity index (χ1v) is 9.41. The van der Waals surface area contributed by atoms with Crippen LogP contribution in [-0.4, -0.2) is 42.7 Å². The van der Waals surface area contributed by atoms with Crippen LogP contribution in [0.2, 0.25) is 0 Å². The third kappa shape index (κ3) is 5.94. The van der Waals surface area contributed by atoms with Crippen molar-refractivity contribution in [1.29, 1.82) is 0 Å². The second-order valence-corrected chi connectivity index (χ2v) is 6.68. The second kappa shape index (κ2) is 10.5. The van der Waals surface area contributed by atoms with E-state index in [9.17, 15) is 9.90 Å². The standard InChI is InChI=1S/C23H25NO5/c1-27-22-10-4-2-7-18(22)13-24(15-21-9-6-12-28-21)14-20(26)17-29-23-11-5-3-8-19(23)16-25/h2-12,16,20,26H,13-15,17H2,1H3. The van der Waals surface area contributed by atoms with Gasteiger partial charge in [0.25, 0.3) is 0 Å². The Hall–Kier alpha value is -3.09. The van der Waals surface area contributed by atoms with Gasteiger partial charge >= 0.3 is 0 Å². The van der Waals surface area contributed by atoms with Crippen LogP contribution in [0.15, 0.2) is 71.3 Å². The molecule has 0 aliphatic rings. The molecule has 1 unspecified atom stereocenters. The number of methoxy groups -OCH3 is 1. The molecule has 3 aromatic rings. The van der Waals surface area contributed by atoms with Gasteiger partial charge in [0.15, 0.2) is 6.29 Å². The van der Waals surface area contributed by atoms with E-state index in [1.165, 1.54) is 0 Å². The lowest BCUT2D eigenvalue weighted by Crippen LogP contribution is -2.35. The van der Waals surface area contributed by atoms with Gasteiger partial charge in [-0.05, 0) is 30.3 Å². The van der Waals surface area contributed by atoms with Crippen LogP contribution in [0.5, 0.6) is 11.5 Å². The topological polar surface area (TPSA) is 72.1 Å². The Morgan fingerprint density at radius 3 is 2.52 bits per heavy atom. The molecule has 6 heteroatoms. The van der Waals surface area contributed by atoms with Crippen molar-refractivity contribution in [2.45, 2.75) is 19.2 Å². The summed E-state index contributed by atoms with van der Waals surface area (Å²) in [6, 6.07) is 18.5. The molecule has 0 aliphatic heterocycles. The van der Waals surface area contributed by atoms with Gasteiger partial charge in [0.2, 0.25) is 0 Å². The highest BCUT2D eigenvalue weighted by Crippen LogP contribution is 2.21. The fourth-order valence-electron chi connectivity index (χ4n) is 3.13. The third-order valence-electron chi connectivity index (χ3n) is 4.49. The van der Waals surface area contributed by atoms with E-state index < -0.39 is 6.10 Å². The van der Waals surface area contributed by atoms with Crippen molar-refractivity contribution in [2.75, 3.05) is 20.3 Å². The average Bonchev–Trinajstić information content (AvgIpc) is 3.25. The first-order chi connectivity index (χ1) is 14.2. The van der Waals surface area contributed by atoms with Crippen LogP contribution in [0.3, 0.4) is 0 Å². The molecule has 6 nitrogen and oxygen atoms in total. The number of hydrogen-bond donors (Lipinski definition) is 1. The number of nitrogens with zero attached hydrogens (tertiary/aromatic N) is 1. The molecule has 0 bridgehead atoms. The quantitative estimate of drug-likeness (QED) is 0.501. The van der Waals surface area contributed by atoms with Gasteiger partial charge in [-0.1, -0.05) is 30.3 Å². The van der Waals surface area contributed by atoms with Crippen LogP contribution < -0.4 is 9.47 Å². The predicted molar refractivity (Wildman–Crippen MR) is 109 cm³/mol. The number of aliphatic hydroxyl groups excluding tert-OH is 1. The van der Waals surface area contributed by atoms with Crippen LogP contribution in [0, 0.1) is 0 Å². The van der Waals surface area contributed by atoms with Crippen molar-refractivity contribution in [3.05, 3.63) is 83.8 Å². The summed E-state index contributed by atoms with van der Waals surface area (Å²) in [7, 11) is 1.64. The minimum Gasteiger partial charge on any atom is -0.496 e. The smallest absolute Gasteiger partial charge is 0.153 e. The molecule has 0 saturated carbocycles. The second-order valence-electron chi connectivity index (χ2n) is 6.68. The molecule has 0 fully saturated rings. The van der Waals surface area contributed by atoms with Crippen LogP contribution in [-0.2, 0) is 13.1 Å². The summed E-state index contributed by atoms with van der Waals surface area (Å²) in [5, 5.41) is 10.6. The van der Waals surface area contributed by atoms with Crippen molar-refractivity contribution >= 4 is 6.29 Å². The number of aldehydes is 1. The maximum Gasteiger partial charge on any atom is 0.153 e. The number of aliphatic hydroxyl groups is 1. The lowest BCUT2D eigenvalue weighted by atomic mass is 10.1. The van der Waals surface area contributed by atoms with Crippen molar-refractivity contribution in [3.8, 4) is 11.5 Å². The van der Waals surface area contributed by atoms with E-state index in [-0.39, 0.29) is 6.61 Å². The molecular weight excluding hydrogens is 370 g/mol. The third-order valence-corrected chi connectivity index (χ3v) is 4.49. The molecule has 0 radical (unpaired) electrons. The number of ether oxygens (including phenoxy) is 2. The minimum atomic E-state index is -0.751. The Kier molecular flexibility index (Phi) is 7.44.